The van der Waals surface area contributed by atoms with Crippen LogP contribution in [0.1, 0.15) is 19.5 Å². The number of ether oxygens (including phenoxy) is 1. The van der Waals surface area contributed by atoms with E-state index in [0.717, 1.165) is 22.7 Å². The van der Waals surface area contributed by atoms with Crippen LogP contribution in [-0.4, -0.2) is 27.8 Å². The summed E-state index contributed by atoms with van der Waals surface area (Å²) in [5, 5.41) is 10.0. The van der Waals surface area contributed by atoms with Crippen molar-refractivity contribution in [1.29, 1.82) is 0 Å². The van der Waals surface area contributed by atoms with Crippen molar-refractivity contribution in [3.63, 3.8) is 0 Å². The Hall–Kier alpha value is -2.67. The summed E-state index contributed by atoms with van der Waals surface area (Å²) in [6.45, 7) is 5.60. The summed E-state index contributed by atoms with van der Waals surface area (Å²) in [6, 6.07) is 9.59. The maximum atomic E-state index is 12.0. The van der Waals surface area contributed by atoms with E-state index >= 15 is 0 Å². The molecule has 6 nitrogen and oxygen atoms in total. The Morgan fingerprint density at radius 1 is 1.32 bits per heavy atom. The Morgan fingerprint density at radius 3 is 2.84 bits per heavy atom. The standard InChI is InChI=1S/C18H20N4O2S/c1-11(2)17(23)20-16-8-12(3)21-22(16)18-19-15(10-25-18)13-6-5-7-14(9-13)24-4/h5-11H,1-4H3,(H,20,23). The maximum Gasteiger partial charge on any atom is 0.228 e. The molecule has 0 spiro atoms. The fourth-order valence-electron chi connectivity index (χ4n) is 2.28. The molecule has 7 heteroatoms. The highest BCUT2D eigenvalue weighted by atomic mass is 32.1. The van der Waals surface area contributed by atoms with E-state index in [9.17, 15) is 4.79 Å². The number of hydrogen-bond donors (Lipinski definition) is 1. The molecule has 1 N–H and O–H groups in total. The van der Waals surface area contributed by atoms with E-state index in [1.165, 1.54) is 11.3 Å². The first-order valence-electron chi connectivity index (χ1n) is 7.96. The third-order valence-corrected chi connectivity index (χ3v) is 4.46. The van der Waals surface area contributed by atoms with Gasteiger partial charge in [-0.25, -0.2) is 4.98 Å². The number of nitrogens with zero attached hydrogens (tertiary/aromatic N) is 3. The summed E-state index contributed by atoms with van der Waals surface area (Å²) >= 11 is 1.47. The average molecular weight is 356 g/mol. The van der Waals surface area contributed by atoms with Crippen LogP contribution in [0.4, 0.5) is 5.82 Å². The van der Waals surface area contributed by atoms with Gasteiger partial charge in [-0.3, -0.25) is 4.79 Å². The SMILES string of the molecule is COc1cccc(-c2csc(-n3nc(C)cc3NC(=O)C(C)C)n2)c1. The number of aromatic nitrogens is 3. The molecule has 0 aliphatic carbocycles. The number of rotatable bonds is 5. The first kappa shape index (κ1) is 17.2. The molecule has 0 fully saturated rings. The van der Waals surface area contributed by atoms with Gasteiger partial charge in [-0.1, -0.05) is 26.0 Å². The van der Waals surface area contributed by atoms with Crippen molar-refractivity contribution < 1.29 is 9.53 Å². The van der Waals surface area contributed by atoms with E-state index in [2.05, 4.69) is 15.4 Å². The van der Waals surface area contributed by atoms with Crippen molar-refractivity contribution in [1.82, 2.24) is 14.8 Å². The Labute approximate surface area is 150 Å². The van der Waals surface area contributed by atoms with Crippen molar-refractivity contribution in [2.45, 2.75) is 20.8 Å². The predicted octanol–water partition coefficient (Wildman–Crippen LogP) is 3.91. The second-order valence-corrected chi connectivity index (χ2v) is 6.81. The van der Waals surface area contributed by atoms with Gasteiger partial charge < -0.3 is 10.1 Å². The average Bonchev–Trinajstić information content (AvgIpc) is 3.21. The number of thiazole rings is 1. The molecule has 130 valence electrons. The van der Waals surface area contributed by atoms with Gasteiger partial charge in [-0.2, -0.15) is 9.78 Å². The summed E-state index contributed by atoms with van der Waals surface area (Å²) in [7, 11) is 1.64. The lowest BCUT2D eigenvalue weighted by Crippen LogP contribution is -2.19. The second-order valence-electron chi connectivity index (χ2n) is 5.97. The molecule has 3 aromatic rings. The zero-order valence-corrected chi connectivity index (χ0v) is 15.4. The Bertz CT molecular complexity index is 898. The van der Waals surface area contributed by atoms with Gasteiger partial charge in [0.1, 0.15) is 11.6 Å². The van der Waals surface area contributed by atoms with Gasteiger partial charge in [0.05, 0.1) is 18.5 Å². The molecule has 1 aromatic carbocycles. The van der Waals surface area contributed by atoms with Crippen LogP contribution in [-0.2, 0) is 4.79 Å². The Morgan fingerprint density at radius 2 is 2.12 bits per heavy atom. The van der Waals surface area contributed by atoms with Crippen molar-refractivity contribution in [2.75, 3.05) is 12.4 Å². The number of anilines is 1. The van der Waals surface area contributed by atoms with E-state index in [-0.39, 0.29) is 11.8 Å². The fourth-order valence-corrected chi connectivity index (χ4v) is 3.08. The normalized spacial score (nSPS) is 10.9. The molecular weight excluding hydrogens is 336 g/mol. The number of nitrogens with one attached hydrogen (secondary N) is 1. The monoisotopic (exact) mass is 356 g/mol. The number of amides is 1. The van der Waals surface area contributed by atoms with Crippen molar-refractivity contribution in [3.05, 3.63) is 41.4 Å². The van der Waals surface area contributed by atoms with E-state index in [1.54, 1.807) is 11.8 Å². The Balaban J connectivity index is 1.93. The van der Waals surface area contributed by atoms with E-state index in [1.807, 2.05) is 56.5 Å². The molecule has 3 rings (SSSR count). The summed E-state index contributed by atoms with van der Waals surface area (Å²) in [4.78, 5) is 16.7. The predicted molar refractivity (Wildman–Crippen MR) is 99.4 cm³/mol. The number of hydrogen-bond acceptors (Lipinski definition) is 5. The van der Waals surface area contributed by atoms with Gasteiger partial charge in [0.25, 0.3) is 0 Å². The van der Waals surface area contributed by atoms with Gasteiger partial charge in [-0.15, -0.1) is 11.3 Å². The van der Waals surface area contributed by atoms with Crippen LogP contribution in [0.15, 0.2) is 35.7 Å². The van der Waals surface area contributed by atoms with Crippen LogP contribution in [0.3, 0.4) is 0 Å². The number of carbonyl (C=O) groups excluding carboxylic acids is 1. The van der Waals surface area contributed by atoms with Crippen LogP contribution in [0, 0.1) is 12.8 Å². The molecule has 0 radical (unpaired) electrons. The minimum atomic E-state index is -0.104. The molecule has 2 aromatic heterocycles. The number of carbonyl (C=O) groups is 1. The lowest BCUT2D eigenvalue weighted by atomic mass is 10.2. The summed E-state index contributed by atoms with van der Waals surface area (Å²) in [5.74, 6) is 1.26. The topological polar surface area (TPSA) is 69.0 Å². The van der Waals surface area contributed by atoms with Crippen LogP contribution in [0.25, 0.3) is 16.4 Å². The van der Waals surface area contributed by atoms with Gasteiger partial charge in [0.15, 0.2) is 0 Å². The largest absolute Gasteiger partial charge is 0.497 e. The molecule has 1 amide bonds. The maximum absolute atomic E-state index is 12.0. The summed E-state index contributed by atoms with van der Waals surface area (Å²) in [6.07, 6.45) is 0. The van der Waals surface area contributed by atoms with E-state index in [4.69, 9.17) is 4.74 Å². The molecule has 0 unspecified atom stereocenters. The highest BCUT2D eigenvalue weighted by Crippen LogP contribution is 2.28. The van der Waals surface area contributed by atoms with Gasteiger partial charge >= 0.3 is 0 Å². The van der Waals surface area contributed by atoms with Crippen LogP contribution < -0.4 is 10.1 Å². The lowest BCUT2D eigenvalue weighted by molar-refractivity contribution is -0.118. The highest BCUT2D eigenvalue weighted by Gasteiger charge is 2.16. The number of benzene rings is 1. The zero-order chi connectivity index (χ0) is 18.0. The van der Waals surface area contributed by atoms with Gasteiger partial charge in [0, 0.05) is 22.9 Å². The number of aryl methyl sites for hydroxylation is 1. The summed E-state index contributed by atoms with van der Waals surface area (Å²) in [5.41, 5.74) is 2.63. The smallest absolute Gasteiger partial charge is 0.228 e. The van der Waals surface area contributed by atoms with E-state index < -0.39 is 0 Å². The molecule has 0 aliphatic heterocycles. The minimum Gasteiger partial charge on any atom is -0.497 e. The molecule has 0 saturated heterocycles. The van der Waals surface area contributed by atoms with Gasteiger partial charge in [-0.05, 0) is 19.1 Å². The zero-order valence-electron chi connectivity index (χ0n) is 14.6. The van der Waals surface area contributed by atoms with Crippen molar-refractivity contribution >= 4 is 23.1 Å². The van der Waals surface area contributed by atoms with Crippen molar-refractivity contribution in [3.8, 4) is 22.1 Å². The van der Waals surface area contributed by atoms with E-state index in [0.29, 0.717) is 10.9 Å². The lowest BCUT2D eigenvalue weighted by Gasteiger charge is -2.08. The van der Waals surface area contributed by atoms with Crippen molar-refractivity contribution in [2.24, 2.45) is 5.92 Å². The molecule has 0 saturated carbocycles. The van der Waals surface area contributed by atoms with Crippen LogP contribution in [0.2, 0.25) is 0 Å². The molecule has 0 atom stereocenters. The second kappa shape index (κ2) is 7.06. The molecule has 0 bridgehead atoms. The fraction of sp³-hybridized carbons (Fsp3) is 0.278. The van der Waals surface area contributed by atoms with Crippen LogP contribution >= 0.6 is 11.3 Å². The molecule has 0 aliphatic rings. The molecular formula is C18H20N4O2S. The highest BCUT2D eigenvalue weighted by molar-refractivity contribution is 7.12. The minimum absolute atomic E-state index is 0.0503. The first-order valence-corrected chi connectivity index (χ1v) is 8.83. The third kappa shape index (κ3) is 3.71. The first-order chi connectivity index (χ1) is 12.0. The van der Waals surface area contributed by atoms with Crippen LogP contribution in [0.5, 0.6) is 5.75 Å². The number of methoxy groups -OCH3 is 1. The third-order valence-electron chi connectivity index (χ3n) is 3.65. The van der Waals surface area contributed by atoms with Gasteiger partial charge in [0.2, 0.25) is 11.0 Å². The molecule has 25 heavy (non-hydrogen) atoms. The summed E-state index contributed by atoms with van der Waals surface area (Å²) < 4.78 is 6.94. The Kier molecular flexibility index (Phi) is 4.85. The molecule has 2 heterocycles. The quantitative estimate of drug-likeness (QED) is 0.752.